The minimum atomic E-state index is 0.752. The average molecular weight is 286 g/mol. The van der Waals surface area contributed by atoms with Gasteiger partial charge in [0.2, 0.25) is 0 Å². The molecule has 0 amide bonds. The molecule has 0 unspecified atom stereocenters. The third-order valence-corrected chi connectivity index (χ3v) is 2.70. The highest BCUT2D eigenvalue weighted by Crippen LogP contribution is 2.19. The molecule has 1 rings (SSSR count). The van der Waals surface area contributed by atoms with Gasteiger partial charge in [-0.2, -0.15) is 0 Å². The molecule has 0 saturated carbocycles. The van der Waals surface area contributed by atoms with E-state index in [1.165, 1.54) is 0 Å². The van der Waals surface area contributed by atoms with E-state index in [1.54, 1.807) is 24.0 Å². The number of hydrogen-bond donors (Lipinski definition) is 0. The minimum Gasteiger partial charge on any atom is -0.250 e. The van der Waals surface area contributed by atoms with Crippen LogP contribution in [0.1, 0.15) is 0 Å². The molecule has 0 N–H and O–H groups in total. The lowest BCUT2D eigenvalue weighted by atomic mass is 10.5. The summed E-state index contributed by atoms with van der Waals surface area (Å²) >= 11 is 9.69. The van der Waals surface area contributed by atoms with Gasteiger partial charge in [-0.25, -0.2) is 4.98 Å². The lowest BCUT2D eigenvalue weighted by Crippen LogP contribution is -1.76. The fourth-order valence-electron chi connectivity index (χ4n) is 0.520. The Labute approximate surface area is 82.7 Å². The van der Waals surface area contributed by atoms with Crippen LogP contribution in [-0.2, 0) is 0 Å². The lowest BCUT2D eigenvalue weighted by Gasteiger charge is -1.94. The van der Waals surface area contributed by atoms with Crippen molar-refractivity contribution in [3.8, 4) is 0 Å². The first-order valence-electron chi connectivity index (χ1n) is 2.63. The first-order chi connectivity index (χ1) is 4.83. The molecule has 0 saturated heterocycles. The van der Waals surface area contributed by atoms with Crippen LogP contribution in [-0.4, -0.2) is 8.74 Å². The van der Waals surface area contributed by atoms with Crippen molar-refractivity contribution in [1.29, 1.82) is 0 Å². The Morgan fingerprint density at radius 3 is 3.10 bits per heavy atom. The van der Waals surface area contributed by atoms with Gasteiger partial charge in [-0.05, 0) is 12.1 Å². The number of nitrogens with zero attached hydrogens (tertiary/aromatic N) is 1. The molecule has 0 fully saturated rings. The zero-order valence-corrected chi connectivity index (χ0v) is 8.78. The molecule has 1 aromatic heterocycles. The maximum atomic E-state index is 5.72. The van der Waals surface area contributed by atoms with E-state index in [9.17, 15) is 0 Å². The van der Waals surface area contributed by atoms with Crippen molar-refractivity contribution in [1.82, 2.24) is 4.98 Å². The fraction of sp³-hybridized carbons (Fsp3) is 0.167. The molecule has 0 radical (unpaired) electrons. The van der Waals surface area contributed by atoms with Gasteiger partial charge in [-0.3, -0.25) is 0 Å². The minimum absolute atomic E-state index is 0.752. The summed E-state index contributed by atoms with van der Waals surface area (Å²) in [6, 6.07) is 3.64. The predicted octanol–water partition coefficient (Wildman–Crippen LogP) is 3.22. The molecule has 0 spiro atoms. The van der Waals surface area contributed by atoms with E-state index in [-0.39, 0.29) is 0 Å². The standard InChI is InChI=1S/C6H5ClINS/c7-5-1-2-9-6(3-5)10-4-8/h1-3H,4H2. The molecule has 0 atom stereocenters. The summed E-state index contributed by atoms with van der Waals surface area (Å²) in [5, 5.41) is 1.74. The zero-order valence-electron chi connectivity index (χ0n) is 5.05. The van der Waals surface area contributed by atoms with Crippen LogP contribution in [0.2, 0.25) is 5.02 Å². The quantitative estimate of drug-likeness (QED) is 0.470. The smallest absolute Gasteiger partial charge is 0.0982 e. The Kier molecular flexibility index (Phi) is 3.80. The van der Waals surface area contributed by atoms with Crippen molar-refractivity contribution in [3.05, 3.63) is 23.4 Å². The Morgan fingerprint density at radius 2 is 2.50 bits per heavy atom. The zero-order chi connectivity index (χ0) is 7.40. The van der Waals surface area contributed by atoms with Gasteiger partial charge in [0.1, 0.15) is 0 Å². The van der Waals surface area contributed by atoms with Crippen molar-refractivity contribution >= 4 is 46.0 Å². The van der Waals surface area contributed by atoms with Gasteiger partial charge in [0.05, 0.1) is 8.79 Å². The first-order valence-corrected chi connectivity index (χ1v) is 5.52. The molecule has 1 nitrogen and oxygen atoms in total. The summed E-state index contributed by atoms with van der Waals surface area (Å²) in [4.78, 5) is 4.10. The molecule has 0 aliphatic heterocycles. The van der Waals surface area contributed by atoms with E-state index in [0.717, 1.165) is 13.8 Å². The van der Waals surface area contributed by atoms with Gasteiger partial charge >= 0.3 is 0 Å². The summed E-state index contributed by atoms with van der Waals surface area (Å²) in [7, 11) is 0. The van der Waals surface area contributed by atoms with Gasteiger partial charge in [-0.1, -0.05) is 46.0 Å². The Bertz CT molecular complexity index is 219. The lowest BCUT2D eigenvalue weighted by molar-refractivity contribution is 1.14. The van der Waals surface area contributed by atoms with Crippen LogP contribution in [0, 0.1) is 0 Å². The average Bonchev–Trinajstić information content (AvgIpc) is 1.88. The molecule has 0 aromatic carbocycles. The highest BCUT2D eigenvalue weighted by Gasteiger charge is 1.93. The summed E-state index contributed by atoms with van der Waals surface area (Å²) in [6.07, 6.45) is 1.72. The molecule has 0 aliphatic carbocycles. The topological polar surface area (TPSA) is 12.9 Å². The van der Waals surface area contributed by atoms with Gasteiger partial charge < -0.3 is 0 Å². The number of hydrogen-bond acceptors (Lipinski definition) is 2. The summed E-state index contributed by atoms with van der Waals surface area (Å²) < 4.78 is 1.01. The van der Waals surface area contributed by atoms with Crippen LogP contribution in [0.25, 0.3) is 0 Å². The third-order valence-electron chi connectivity index (χ3n) is 0.899. The summed E-state index contributed by atoms with van der Waals surface area (Å²) in [5.74, 6) is 0. The van der Waals surface area contributed by atoms with Crippen molar-refractivity contribution in [2.24, 2.45) is 0 Å². The van der Waals surface area contributed by atoms with E-state index in [1.807, 2.05) is 6.07 Å². The molecular weight excluding hydrogens is 280 g/mol. The fourth-order valence-corrected chi connectivity index (χ4v) is 2.16. The molecule has 0 bridgehead atoms. The van der Waals surface area contributed by atoms with Gasteiger partial charge in [0.15, 0.2) is 0 Å². The Balaban J connectivity index is 2.75. The maximum Gasteiger partial charge on any atom is 0.0982 e. The Hall–Kier alpha value is 0.520. The maximum absolute atomic E-state index is 5.72. The molecule has 0 aliphatic rings. The van der Waals surface area contributed by atoms with E-state index < -0.39 is 0 Å². The van der Waals surface area contributed by atoms with E-state index in [2.05, 4.69) is 27.6 Å². The molecule has 1 heterocycles. The molecule has 1 aromatic rings. The van der Waals surface area contributed by atoms with Crippen LogP contribution >= 0.6 is 46.0 Å². The largest absolute Gasteiger partial charge is 0.250 e. The normalized spacial score (nSPS) is 9.80. The van der Waals surface area contributed by atoms with Crippen molar-refractivity contribution in [2.45, 2.75) is 5.03 Å². The van der Waals surface area contributed by atoms with Crippen molar-refractivity contribution in [3.63, 3.8) is 0 Å². The number of halogens is 2. The second kappa shape index (κ2) is 4.41. The third kappa shape index (κ3) is 2.64. The second-order valence-corrected chi connectivity index (χ2v) is 4.80. The Morgan fingerprint density at radius 1 is 1.70 bits per heavy atom. The van der Waals surface area contributed by atoms with Gasteiger partial charge in [-0.15, -0.1) is 0 Å². The van der Waals surface area contributed by atoms with Gasteiger partial charge in [0.25, 0.3) is 0 Å². The highest BCUT2D eigenvalue weighted by molar-refractivity contribution is 14.1. The number of alkyl halides is 1. The molecule has 10 heavy (non-hydrogen) atoms. The predicted molar refractivity (Wildman–Crippen MR) is 54.0 cm³/mol. The monoisotopic (exact) mass is 285 g/mol. The highest BCUT2D eigenvalue weighted by atomic mass is 127. The molecule has 4 heteroatoms. The van der Waals surface area contributed by atoms with Crippen LogP contribution in [0.4, 0.5) is 0 Å². The van der Waals surface area contributed by atoms with Crippen molar-refractivity contribution in [2.75, 3.05) is 3.76 Å². The summed E-state index contributed by atoms with van der Waals surface area (Å²) in [6.45, 7) is 0. The number of pyridine rings is 1. The molecule has 54 valence electrons. The van der Waals surface area contributed by atoms with Crippen LogP contribution in [0.3, 0.4) is 0 Å². The van der Waals surface area contributed by atoms with Crippen LogP contribution < -0.4 is 0 Å². The van der Waals surface area contributed by atoms with E-state index in [4.69, 9.17) is 11.6 Å². The first kappa shape index (κ1) is 8.62. The SMILES string of the molecule is Clc1ccnc(SCI)c1. The summed E-state index contributed by atoms with van der Waals surface area (Å²) in [5.41, 5.74) is 0. The second-order valence-electron chi connectivity index (χ2n) is 1.57. The van der Waals surface area contributed by atoms with Crippen molar-refractivity contribution < 1.29 is 0 Å². The number of thioether (sulfide) groups is 1. The van der Waals surface area contributed by atoms with Gasteiger partial charge in [0, 0.05) is 11.2 Å². The van der Waals surface area contributed by atoms with Crippen LogP contribution in [0.5, 0.6) is 0 Å². The van der Waals surface area contributed by atoms with E-state index in [0.29, 0.717) is 0 Å². The number of aromatic nitrogens is 1. The van der Waals surface area contributed by atoms with E-state index >= 15 is 0 Å². The molecular formula is C6H5ClINS. The number of rotatable bonds is 2. The van der Waals surface area contributed by atoms with Crippen LogP contribution in [0.15, 0.2) is 23.4 Å².